The van der Waals surface area contributed by atoms with Crippen molar-refractivity contribution in [2.45, 2.75) is 13.2 Å². The first kappa shape index (κ1) is 20.9. The van der Waals surface area contributed by atoms with Crippen LogP contribution in [-0.2, 0) is 20.2 Å². The minimum absolute atomic E-state index is 0.00577. The fourth-order valence-electron chi connectivity index (χ4n) is 3.74. The number of pyridine rings is 1. The van der Waals surface area contributed by atoms with Gasteiger partial charge in [-0.25, -0.2) is 28.8 Å². The number of aliphatic hydroxyl groups excluding tert-OH is 1. The first-order valence-corrected chi connectivity index (χ1v) is 10.4. The number of rotatable bonds is 5. The molecule has 0 aliphatic rings. The number of nitrogens with two attached hydrogens (primary N) is 1. The average molecular weight is 463 g/mol. The van der Waals surface area contributed by atoms with Crippen LogP contribution >= 0.6 is 11.6 Å². The van der Waals surface area contributed by atoms with Crippen molar-refractivity contribution in [1.29, 1.82) is 0 Å². The van der Waals surface area contributed by atoms with Crippen LogP contribution in [0.4, 0.5) is 5.95 Å². The van der Waals surface area contributed by atoms with Crippen molar-refractivity contribution < 1.29 is 5.11 Å². The van der Waals surface area contributed by atoms with Gasteiger partial charge in [-0.15, -0.1) is 5.10 Å². The molecule has 166 valence electrons. The van der Waals surface area contributed by atoms with Gasteiger partial charge in [0.15, 0.2) is 5.65 Å². The minimum Gasteiger partial charge on any atom is -0.390 e. The number of nitrogens with zero attached hydrogens (tertiary/aromatic N) is 7. The molecule has 3 N–H and O–H groups in total. The summed E-state index contributed by atoms with van der Waals surface area (Å²) in [5.74, 6) is 0.664. The van der Waals surface area contributed by atoms with Crippen molar-refractivity contribution in [3.05, 3.63) is 82.0 Å². The minimum atomic E-state index is -0.443. The van der Waals surface area contributed by atoms with Crippen molar-refractivity contribution in [1.82, 2.24) is 33.7 Å². The van der Waals surface area contributed by atoms with Crippen LogP contribution in [-0.4, -0.2) is 38.8 Å². The molecule has 0 fully saturated rings. The molecule has 0 atom stereocenters. The summed E-state index contributed by atoms with van der Waals surface area (Å²) in [7, 11) is 1.84. The van der Waals surface area contributed by atoms with Crippen molar-refractivity contribution in [3.63, 3.8) is 0 Å². The largest absolute Gasteiger partial charge is 0.390 e. The van der Waals surface area contributed by atoms with Crippen LogP contribution < -0.4 is 11.4 Å². The number of aliphatic hydroxyl groups is 1. The summed E-state index contributed by atoms with van der Waals surface area (Å²) < 4.78 is 4.37. The zero-order chi connectivity index (χ0) is 23.1. The van der Waals surface area contributed by atoms with Crippen molar-refractivity contribution in [2.24, 2.45) is 7.05 Å². The summed E-state index contributed by atoms with van der Waals surface area (Å²) >= 11 is 6.24. The van der Waals surface area contributed by atoms with Gasteiger partial charge < -0.3 is 15.4 Å². The average Bonchev–Trinajstić information content (AvgIpc) is 3.37. The SMILES string of the molecule is Cn1ccnc1Cn1nc2c(-c3cc(Cl)nc(CO)c3)c(-c3ccccc3)nc(N)n2c1=O. The zero-order valence-corrected chi connectivity index (χ0v) is 18.3. The number of anilines is 1. The summed E-state index contributed by atoms with van der Waals surface area (Å²) in [4.78, 5) is 26.2. The molecule has 33 heavy (non-hydrogen) atoms. The lowest BCUT2D eigenvalue weighted by Crippen LogP contribution is -2.24. The van der Waals surface area contributed by atoms with Crippen molar-refractivity contribution in [3.8, 4) is 22.4 Å². The highest BCUT2D eigenvalue weighted by Crippen LogP contribution is 2.35. The molecule has 0 bridgehead atoms. The van der Waals surface area contributed by atoms with Crippen LogP contribution in [0, 0.1) is 0 Å². The van der Waals surface area contributed by atoms with E-state index < -0.39 is 5.69 Å². The number of halogens is 1. The van der Waals surface area contributed by atoms with Crippen LogP contribution in [0.1, 0.15) is 11.5 Å². The van der Waals surface area contributed by atoms with Crippen LogP contribution in [0.2, 0.25) is 5.15 Å². The second-order valence-electron chi connectivity index (χ2n) is 7.44. The number of imidazole rings is 1. The number of fused-ring (bicyclic) bond motifs is 1. The third-order valence-electron chi connectivity index (χ3n) is 5.31. The standard InChI is InChI=1S/C22H19ClN8O2/c1-29-8-7-25-17(29)11-30-22(33)31-20(28-30)18(14-9-15(12-32)26-16(23)10-14)19(27-21(31)24)13-5-3-2-4-6-13/h2-10,32H,11-12H2,1H3,(H2,24,27). The number of hydrogen-bond acceptors (Lipinski definition) is 7. The molecule has 0 unspecified atom stereocenters. The molecule has 4 aromatic heterocycles. The maximum absolute atomic E-state index is 13.2. The van der Waals surface area contributed by atoms with Crippen LogP contribution in [0.3, 0.4) is 0 Å². The molecule has 0 amide bonds. The zero-order valence-electron chi connectivity index (χ0n) is 17.6. The van der Waals surface area contributed by atoms with Crippen molar-refractivity contribution in [2.75, 3.05) is 5.73 Å². The van der Waals surface area contributed by atoms with E-state index in [0.717, 1.165) is 5.56 Å². The van der Waals surface area contributed by atoms with Gasteiger partial charge in [0, 0.05) is 25.0 Å². The number of aromatic nitrogens is 7. The fraction of sp³-hybridized carbons (Fsp3) is 0.136. The smallest absolute Gasteiger partial charge is 0.353 e. The van der Waals surface area contributed by atoms with E-state index in [1.807, 2.05) is 41.9 Å². The number of hydrogen-bond donors (Lipinski definition) is 2. The normalized spacial score (nSPS) is 11.4. The Morgan fingerprint density at radius 2 is 1.91 bits per heavy atom. The lowest BCUT2D eigenvalue weighted by molar-refractivity contribution is 0.277. The predicted octanol–water partition coefficient (Wildman–Crippen LogP) is 2.13. The summed E-state index contributed by atoms with van der Waals surface area (Å²) in [6.45, 7) is -0.143. The highest BCUT2D eigenvalue weighted by molar-refractivity contribution is 6.29. The quantitative estimate of drug-likeness (QED) is 0.383. The summed E-state index contributed by atoms with van der Waals surface area (Å²) in [5, 5.41) is 14.5. The van der Waals surface area contributed by atoms with E-state index in [0.29, 0.717) is 34.0 Å². The molecule has 4 heterocycles. The van der Waals surface area contributed by atoms with E-state index in [1.54, 1.807) is 24.5 Å². The van der Waals surface area contributed by atoms with Gasteiger partial charge in [-0.1, -0.05) is 41.9 Å². The lowest BCUT2D eigenvalue weighted by Gasteiger charge is -2.13. The Bertz CT molecular complexity index is 1540. The number of aryl methyl sites for hydroxylation is 1. The molecule has 0 aliphatic carbocycles. The van der Waals surface area contributed by atoms with Gasteiger partial charge in [-0.2, -0.15) is 0 Å². The van der Waals surface area contributed by atoms with E-state index in [2.05, 4.69) is 20.1 Å². The van der Waals surface area contributed by atoms with E-state index >= 15 is 0 Å². The summed E-state index contributed by atoms with van der Waals surface area (Å²) in [5.41, 5.74) is 8.95. The Hall–Kier alpha value is -4.02. The van der Waals surface area contributed by atoms with Gasteiger partial charge in [0.1, 0.15) is 17.5 Å². The van der Waals surface area contributed by atoms with Gasteiger partial charge >= 0.3 is 5.69 Å². The maximum Gasteiger partial charge on any atom is 0.353 e. The molecule has 0 spiro atoms. The van der Waals surface area contributed by atoms with E-state index in [4.69, 9.17) is 17.3 Å². The Labute approximate surface area is 192 Å². The fourth-order valence-corrected chi connectivity index (χ4v) is 3.96. The second-order valence-corrected chi connectivity index (χ2v) is 7.83. The molecular weight excluding hydrogens is 444 g/mol. The van der Waals surface area contributed by atoms with Gasteiger partial charge in [-0.3, -0.25) is 0 Å². The molecule has 0 aliphatic heterocycles. The Morgan fingerprint density at radius 1 is 1.12 bits per heavy atom. The molecule has 0 radical (unpaired) electrons. The molecule has 5 aromatic rings. The molecule has 0 saturated carbocycles. The van der Waals surface area contributed by atoms with Gasteiger partial charge in [0.2, 0.25) is 5.95 Å². The molecule has 0 saturated heterocycles. The van der Waals surface area contributed by atoms with E-state index in [1.165, 1.54) is 9.08 Å². The first-order valence-electron chi connectivity index (χ1n) is 10.0. The molecule has 5 rings (SSSR count). The highest BCUT2D eigenvalue weighted by atomic mass is 35.5. The van der Waals surface area contributed by atoms with Crippen LogP contribution in [0.25, 0.3) is 28.0 Å². The van der Waals surface area contributed by atoms with E-state index in [9.17, 15) is 9.90 Å². The lowest BCUT2D eigenvalue weighted by atomic mass is 10.00. The number of nitrogen functional groups attached to an aromatic ring is 1. The topological polar surface area (TPSA) is 129 Å². The Kier molecular flexibility index (Phi) is 5.15. The molecule has 1 aromatic carbocycles. The Balaban J connectivity index is 1.84. The molecule has 10 nitrogen and oxygen atoms in total. The van der Waals surface area contributed by atoms with Gasteiger partial charge in [-0.05, 0) is 17.7 Å². The third kappa shape index (κ3) is 3.65. The van der Waals surface area contributed by atoms with Crippen LogP contribution in [0.5, 0.6) is 0 Å². The van der Waals surface area contributed by atoms with E-state index in [-0.39, 0.29) is 24.3 Å². The van der Waals surface area contributed by atoms with Crippen LogP contribution in [0.15, 0.2) is 59.7 Å². The number of benzene rings is 1. The maximum atomic E-state index is 13.2. The highest BCUT2D eigenvalue weighted by Gasteiger charge is 2.22. The summed E-state index contributed by atoms with van der Waals surface area (Å²) in [6.07, 6.45) is 3.45. The first-order chi connectivity index (χ1) is 16.0. The van der Waals surface area contributed by atoms with Gasteiger partial charge in [0.25, 0.3) is 0 Å². The van der Waals surface area contributed by atoms with Gasteiger partial charge in [0.05, 0.1) is 23.6 Å². The third-order valence-corrected chi connectivity index (χ3v) is 5.51. The van der Waals surface area contributed by atoms with Crippen molar-refractivity contribution >= 4 is 23.2 Å². The molecule has 11 heteroatoms. The monoisotopic (exact) mass is 462 g/mol. The Morgan fingerprint density at radius 3 is 2.61 bits per heavy atom. The second kappa shape index (κ2) is 8.15. The predicted molar refractivity (Wildman–Crippen MR) is 124 cm³/mol. The molecular formula is C22H19ClN8O2. The summed E-state index contributed by atoms with van der Waals surface area (Å²) in [6, 6.07) is 12.8.